The standard InChI is InChI=1S/C15H19N5OS/c1-8-18-14(20-6-5-17-10(7-20)13(16)21)12-9-3-2-4-11(9)22-15(12)19-8/h10,17H,2-7H2,1H3,(H2,16,21)/t10-/m0/s1. The number of carbonyl (C=O) groups is 1. The molecule has 0 saturated carbocycles. The highest BCUT2D eigenvalue weighted by atomic mass is 32.1. The zero-order valence-corrected chi connectivity index (χ0v) is 13.4. The fourth-order valence-electron chi connectivity index (χ4n) is 3.44. The lowest BCUT2D eigenvalue weighted by Gasteiger charge is -2.33. The summed E-state index contributed by atoms with van der Waals surface area (Å²) in [4.78, 5) is 25.6. The van der Waals surface area contributed by atoms with Crippen molar-refractivity contribution in [2.45, 2.75) is 32.2 Å². The van der Waals surface area contributed by atoms with Crippen LogP contribution in [0, 0.1) is 6.92 Å². The van der Waals surface area contributed by atoms with Gasteiger partial charge in [0.25, 0.3) is 0 Å². The van der Waals surface area contributed by atoms with Gasteiger partial charge in [0.15, 0.2) is 0 Å². The molecule has 1 fully saturated rings. The van der Waals surface area contributed by atoms with Crippen LogP contribution in [0.25, 0.3) is 10.2 Å². The minimum Gasteiger partial charge on any atom is -0.368 e. The lowest BCUT2D eigenvalue weighted by molar-refractivity contribution is -0.120. The normalized spacial score (nSPS) is 21.3. The third kappa shape index (κ3) is 2.16. The number of amides is 1. The molecule has 7 heteroatoms. The Morgan fingerprint density at radius 3 is 3.09 bits per heavy atom. The second-order valence-corrected chi connectivity index (χ2v) is 7.07. The van der Waals surface area contributed by atoms with Gasteiger partial charge in [0.2, 0.25) is 5.91 Å². The van der Waals surface area contributed by atoms with Gasteiger partial charge in [-0.25, -0.2) is 9.97 Å². The average Bonchev–Trinajstić information content (AvgIpc) is 3.06. The zero-order chi connectivity index (χ0) is 15.3. The van der Waals surface area contributed by atoms with Crippen molar-refractivity contribution in [1.29, 1.82) is 0 Å². The number of nitrogens with two attached hydrogens (primary N) is 1. The van der Waals surface area contributed by atoms with Crippen molar-refractivity contribution in [3.05, 3.63) is 16.3 Å². The van der Waals surface area contributed by atoms with Crippen LogP contribution in [0.4, 0.5) is 5.82 Å². The summed E-state index contributed by atoms with van der Waals surface area (Å²) < 4.78 is 0. The van der Waals surface area contributed by atoms with E-state index in [9.17, 15) is 4.79 Å². The monoisotopic (exact) mass is 317 g/mol. The maximum Gasteiger partial charge on any atom is 0.236 e. The highest BCUT2D eigenvalue weighted by Gasteiger charge is 2.28. The van der Waals surface area contributed by atoms with E-state index < -0.39 is 0 Å². The van der Waals surface area contributed by atoms with Gasteiger partial charge in [0, 0.05) is 24.5 Å². The molecule has 1 aliphatic heterocycles. The van der Waals surface area contributed by atoms with Crippen molar-refractivity contribution in [3.8, 4) is 0 Å². The third-order valence-corrected chi connectivity index (χ3v) is 5.66. The van der Waals surface area contributed by atoms with Crippen LogP contribution < -0.4 is 16.0 Å². The number of piperazine rings is 1. The summed E-state index contributed by atoms with van der Waals surface area (Å²) in [5, 5.41) is 4.37. The molecule has 0 aromatic carbocycles. The molecule has 1 atom stereocenters. The lowest BCUT2D eigenvalue weighted by atomic mass is 10.1. The molecule has 0 radical (unpaired) electrons. The van der Waals surface area contributed by atoms with Crippen molar-refractivity contribution < 1.29 is 4.79 Å². The van der Waals surface area contributed by atoms with Crippen LogP contribution in [0.5, 0.6) is 0 Å². The minimum absolute atomic E-state index is 0.303. The van der Waals surface area contributed by atoms with Crippen molar-refractivity contribution in [2.75, 3.05) is 24.5 Å². The van der Waals surface area contributed by atoms with Crippen LogP contribution in [-0.4, -0.2) is 41.6 Å². The average molecular weight is 317 g/mol. The van der Waals surface area contributed by atoms with Crippen molar-refractivity contribution in [2.24, 2.45) is 5.73 Å². The molecule has 116 valence electrons. The fraction of sp³-hybridized carbons (Fsp3) is 0.533. The number of nitrogens with one attached hydrogen (secondary N) is 1. The number of anilines is 1. The van der Waals surface area contributed by atoms with Crippen LogP contribution in [0.1, 0.15) is 22.7 Å². The van der Waals surface area contributed by atoms with Crippen LogP contribution in [0.2, 0.25) is 0 Å². The molecule has 2 aromatic heterocycles. The molecule has 2 aliphatic rings. The Kier molecular flexibility index (Phi) is 3.27. The molecule has 1 amide bonds. The van der Waals surface area contributed by atoms with Gasteiger partial charge < -0.3 is 16.0 Å². The molecule has 3 N–H and O–H groups in total. The first-order valence-corrected chi connectivity index (χ1v) is 8.51. The second kappa shape index (κ2) is 5.17. The smallest absolute Gasteiger partial charge is 0.236 e. The maximum absolute atomic E-state index is 11.5. The van der Waals surface area contributed by atoms with Gasteiger partial charge in [-0.15, -0.1) is 11.3 Å². The van der Waals surface area contributed by atoms with Crippen LogP contribution in [0.15, 0.2) is 0 Å². The Hall–Kier alpha value is -1.73. The fourth-order valence-corrected chi connectivity index (χ4v) is 4.74. The molecule has 2 aromatic rings. The molecule has 6 nitrogen and oxygen atoms in total. The van der Waals surface area contributed by atoms with Gasteiger partial charge in [0.05, 0.1) is 5.39 Å². The molecular formula is C15H19N5OS. The first-order valence-electron chi connectivity index (χ1n) is 7.70. The highest BCUT2D eigenvalue weighted by molar-refractivity contribution is 7.19. The molecule has 1 aliphatic carbocycles. The Bertz CT molecular complexity index is 756. The van der Waals surface area contributed by atoms with Crippen molar-refractivity contribution in [3.63, 3.8) is 0 Å². The summed E-state index contributed by atoms with van der Waals surface area (Å²) in [6.07, 6.45) is 3.48. The van der Waals surface area contributed by atoms with Gasteiger partial charge in [0.1, 0.15) is 22.5 Å². The molecular weight excluding hydrogens is 298 g/mol. The predicted molar refractivity (Wildman–Crippen MR) is 87.4 cm³/mol. The summed E-state index contributed by atoms with van der Waals surface area (Å²) in [6.45, 7) is 4.08. The largest absolute Gasteiger partial charge is 0.368 e. The van der Waals surface area contributed by atoms with Crippen LogP contribution in [0.3, 0.4) is 0 Å². The van der Waals surface area contributed by atoms with E-state index >= 15 is 0 Å². The van der Waals surface area contributed by atoms with E-state index in [2.05, 4.69) is 15.2 Å². The number of fused-ring (bicyclic) bond motifs is 3. The van der Waals surface area contributed by atoms with E-state index in [1.807, 2.05) is 6.92 Å². The maximum atomic E-state index is 11.5. The Morgan fingerprint density at radius 1 is 1.41 bits per heavy atom. The first kappa shape index (κ1) is 13.9. The van der Waals surface area contributed by atoms with Gasteiger partial charge in [-0.05, 0) is 31.7 Å². The Morgan fingerprint density at radius 2 is 2.27 bits per heavy atom. The molecule has 3 heterocycles. The highest BCUT2D eigenvalue weighted by Crippen LogP contribution is 2.40. The number of thiophene rings is 1. The Balaban J connectivity index is 1.82. The number of aryl methyl sites for hydroxylation is 3. The summed E-state index contributed by atoms with van der Waals surface area (Å²) >= 11 is 1.80. The number of rotatable bonds is 2. The molecule has 1 saturated heterocycles. The van der Waals surface area contributed by atoms with Gasteiger partial charge in [-0.2, -0.15) is 0 Å². The summed E-state index contributed by atoms with van der Waals surface area (Å²) in [5.74, 6) is 1.47. The summed E-state index contributed by atoms with van der Waals surface area (Å²) in [7, 11) is 0. The number of carbonyl (C=O) groups excluding carboxylic acids is 1. The van der Waals surface area contributed by atoms with Gasteiger partial charge in [-0.3, -0.25) is 4.79 Å². The van der Waals surface area contributed by atoms with E-state index in [4.69, 9.17) is 10.7 Å². The molecule has 0 bridgehead atoms. The van der Waals surface area contributed by atoms with Crippen molar-refractivity contribution >= 4 is 33.3 Å². The number of primary amides is 1. The van der Waals surface area contributed by atoms with Crippen LogP contribution >= 0.6 is 11.3 Å². The zero-order valence-electron chi connectivity index (χ0n) is 12.6. The number of aromatic nitrogens is 2. The molecule has 4 rings (SSSR count). The summed E-state index contributed by atoms with van der Waals surface area (Å²) in [5.41, 5.74) is 6.88. The van der Waals surface area contributed by atoms with E-state index in [0.29, 0.717) is 6.54 Å². The topological polar surface area (TPSA) is 84.1 Å². The minimum atomic E-state index is -0.314. The van der Waals surface area contributed by atoms with E-state index in [-0.39, 0.29) is 11.9 Å². The van der Waals surface area contributed by atoms with E-state index in [1.165, 1.54) is 22.2 Å². The first-order chi connectivity index (χ1) is 10.6. The molecule has 0 spiro atoms. The van der Waals surface area contributed by atoms with Crippen LogP contribution in [-0.2, 0) is 17.6 Å². The van der Waals surface area contributed by atoms with Gasteiger partial charge in [-0.1, -0.05) is 0 Å². The number of hydrogen-bond acceptors (Lipinski definition) is 6. The van der Waals surface area contributed by atoms with E-state index in [1.54, 1.807) is 11.3 Å². The second-order valence-electron chi connectivity index (χ2n) is 5.99. The summed E-state index contributed by atoms with van der Waals surface area (Å²) in [6, 6.07) is -0.314. The molecule has 0 unspecified atom stereocenters. The number of nitrogens with zero attached hydrogens (tertiary/aromatic N) is 3. The quantitative estimate of drug-likeness (QED) is 0.854. The lowest BCUT2D eigenvalue weighted by Crippen LogP contribution is -2.56. The molecule has 22 heavy (non-hydrogen) atoms. The Labute approximate surface area is 132 Å². The SMILES string of the molecule is Cc1nc(N2CCN[C@H](C(N)=O)C2)c2c3c(sc2n1)CCC3. The third-order valence-electron chi connectivity index (χ3n) is 4.48. The van der Waals surface area contributed by atoms with E-state index in [0.717, 1.165) is 42.4 Å². The number of hydrogen-bond donors (Lipinski definition) is 2. The van der Waals surface area contributed by atoms with Crippen molar-refractivity contribution in [1.82, 2.24) is 15.3 Å². The van der Waals surface area contributed by atoms with Gasteiger partial charge >= 0.3 is 0 Å². The predicted octanol–water partition coefficient (Wildman–Crippen LogP) is 0.752.